The number of hydrogen-bond donors (Lipinski definition) is 1. The molecule has 0 radical (unpaired) electrons. The number of para-hydroxylation sites is 1. The summed E-state index contributed by atoms with van der Waals surface area (Å²) >= 11 is 0. The summed E-state index contributed by atoms with van der Waals surface area (Å²) in [7, 11) is 0. The summed E-state index contributed by atoms with van der Waals surface area (Å²) in [4.78, 5) is 8.26. The Bertz CT molecular complexity index is 711. The van der Waals surface area contributed by atoms with Crippen LogP contribution in [0, 0.1) is 13.8 Å². The SMILES string of the molecule is Cc1cc(-c2cc3cccc(C)c3o2)nc(N)n1. The third-order valence-corrected chi connectivity index (χ3v) is 2.86. The van der Waals surface area contributed by atoms with Gasteiger partial charge >= 0.3 is 0 Å². The second kappa shape index (κ2) is 3.84. The van der Waals surface area contributed by atoms with Gasteiger partial charge in [-0.1, -0.05) is 18.2 Å². The maximum atomic E-state index is 5.85. The largest absolute Gasteiger partial charge is 0.454 e. The maximum absolute atomic E-state index is 5.85. The van der Waals surface area contributed by atoms with Crippen LogP contribution in [0.5, 0.6) is 0 Å². The number of nitrogens with zero attached hydrogens (tertiary/aromatic N) is 2. The van der Waals surface area contributed by atoms with E-state index in [-0.39, 0.29) is 5.95 Å². The van der Waals surface area contributed by atoms with Crippen molar-refractivity contribution in [3.8, 4) is 11.5 Å². The number of fused-ring (bicyclic) bond motifs is 1. The lowest BCUT2D eigenvalue weighted by Crippen LogP contribution is -1.97. The molecule has 0 amide bonds. The van der Waals surface area contributed by atoms with Crippen LogP contribution < -0.4 is 5.73 Å². The van der Waals surface area contributed by atoms with Crippen molar-refractivity contribution < 1.29 is 4.42 Å². The highest BCUT2D eigenvalue weighted by atomic mass is 16.3. The van der Waals surface area contributed by atoms with Crippen LogP contribution in [0.1, 0.15) is 11.3 Å². The molecule has 0 unspecified atom stereocenters. The van der Waals surface area contributed by atoms with E-state index in [4.69, 9.17) is 10.2 Å². The van der Waals surface area contributed by atoms with Crippen LogP contribution in [0.3, 0.4) is 0 Å². The number of nitrogens with two attached hydrogens (primary N) is 1. The van der Waals surface area contributed by atoms with Crippen molar-refractivity contribution in [3.63, 3.8) is 0 Å². The Balaban J connectivity index is 2.22. The highest BCUT2D eigenvalue weighted by Crippen LogP contribution is 2.28. The van der Waals surface area contributed by atoms with Crippen molar-refractivity contribution in [2.24, 2.45) is 0 Å². The highest BCUT2D eigenvalue weighted by Gasteiger charge is 2.10. The monoisotopic (exact) mass is 239 g/mol. The topological polar surface area (TPSA) is 64.9 Å². The van der Waals surface area contributed by atoms with Crippen molar-refractivity contribution in [1.82, 2.24) is 9.97 Å². The van der Waals surface area contributed by atoms with Gasteiger partial charge in [0.1, 0.15) is 11.3 Å². The molecule has 18 heavy (non-hydrogen) atoms. The predicted molar refractivity (Wildman–Crippen MR) is 71.1 cm³/mol. The van der Waals surface area contributed by atoms with Crippen LogP contribution >= 0.6 is 0 Å². The Kier molecular flexibility index (Phi) is 2.30. The quantitative estimate of drug-likeness (QED) is 0.708. The van der Waals surface area contributed by atoms with Gasteiger partial charge in [-0.15, -0.1) is 0 Å². The molecule has 3 rings (SSSR count). The summed E-state index contributed by atoms with van der Waals surface area (Å²) < 4.78 is 5.85. The molecule has 2 aromatic heterocycles. The number of hydrogen-bond acceptors (Lipinski definition) is 4. The van der Waals surface area contributed by atoms with Crippen LogP contribution in [0.2, 0.25) is 0 Å². The Morgan fingerprint density at radius 3 is 2.67 bits per heavy atom. The highest BCUT2D eigenvalue weighted by molar-refractivity contribution is 5.84. The summed E-state index contributed by atoms with van der Waals surface area (Å²) in [6.07, 6.45) is 0. The van der Waals surface area contributed by atoms with E-state index < -0.39 is 0 Å². The first kappa shape index (κ1) is 10.8. The minimum Gasteiger partial charge on any atom is -0.454 e. The van der Waals surface area contributed by atoms with E-state index in [1.54, 1.807) is 0 Å². The minimum absolute atomic E-state index is 0.266. The molecule has 0 bridgehead atoms. The van der Waals surface area contributed by atoms with E-state index in [9.17, 15) is 0 Å². The second-order valence-electron chi connectivity index (χ2n) is 4.36. The molecule has 0 saturated carbocycles. The van der Waals surface area contributed by atoms with E-state index in [1.807, 2.05) is 44.2 Å². The Morgan fingerprint density at radius 2 is 1.94 bits per heavy atom. The average Bonchev–Trinajstić information content (AvgIpc) is 2.73. The molecule has 4 nitrogen and oxygen atoms in total. The molecule has 0 aliphatic rings. The summed E-state index contributed by atoms with van der Waals surface area (Å²) in [6.45, 7) is 3.91. The first-order chi connectivity index (χ1) is 8.63. The Hall–Kier alpha value is -2.36. The molecule has 0 spiro atoms. The molecule has 0 atom stereocenters. The predicted octanol–water partition coefficient (Wildman–Crippen LogP) is 3.09. The molecule has 1 aromatic carbocycles. The van der Waals surface area contributed by atoms with Gasteiger partial charge in [-0.2, -0.15) is 0 Å². The molecule has 3 aromatic rings. The zero-order valence-electron chi connectivity index (χ0n) is 10.3. The van der Waals surface area contributed by atoms with Crippen molar-refractivity contribution in [2.75, 3.05) is 5.73 Å². The van der Waals surface area contributed by atoms with Crippen LogP contribution in [-0.2, 0) is 0 Å². The standard InChI is InChI=1S/C14H13N3O/c1-8-4-3-5-10-7-12(18-13(8)10)11-6-9(2)16-14(15)17-11/h3-7H,1-2H3,(H2,15,16,17). The van der Waals surface area contributed by atoms with E-state index in [0.29, 0.717) is 0 Å². The zero-order chi connectivity index (χ0) is 12.7. The van der Waals surface area contributed by atoms with Gasteiger partial charge in [0.05, 0.1) is 0 Å². The molecule has 0 aliphatic carbocycles. The summed E-state index contributed by atoms with van der Waals surface area (Å²) in [5.41, 5.74) is 9.20. The molecule has 2 N–H and O–H groups in total. The third kappa shape index (κ3) is 1.72. The lowest BCUT2D eigenvalue weighted by atomic mass is 10.2. The van der Waals surface area contributed by atoms with Crippen LogP contribution in [0.15, 0.2) is 34.7 Å². The summed E-state index contributed by atoms with van der Waals surface area (Å²) in [6, 6.07) is 9.89. The molecular formula is C14H13N3O. The van der Waals surface area contributed by atoms with Gasteiger partial charge in [0.2, 0.25) is 5.95 Å². The fourth-order valence-corrected chi connectivity index (χ4v) is 2.05. The molecule has 0 saturated heterocycles. The smallest absolute Gasteiger partial charge is 0.220 e. The van der Waals surface area contributed by atoms with Crippen LogP contribution in [-0.4, -0.2) is 9.97 Å². The number of furan rings is 1. The fourth-order valence-electron chi connectivity index (χ4n) is 2.05. The van der Waals surface area contributed by atoms with Gasteiger partial charge in [0.25, 0.3) is 0 Å². The first-order valence-electron chi connectivity index (χ1n) is 5.74. The lowest BCUT2D eigenvalue weighted by molar-refractivity contribution is 0.625. The van der Waals surface area contributed by atoms with E-state index >= 15 is 0 Å². The van der Waals surface area contributed by atoms with Gasteiger partial charge in [-0.3, -0.25) is 0 Å². The van der Waals surface area contributed by atoms with Crippen molar-refractivity contribution in [3.05, 3.63) is 41.6 Å². The maximum Gasteiger partial charge on any atom is 0.220 e. The molecule has 2 heterocycles. The van der Waals surface area contributed by atoms with Gasteiger partial charge in [0, 0.05) is 11.1 Å². The van der Waals surface area contributed by atoms with Gasteiger partial charge in [-0.25, -0.2) is 9.97 Å². The van der Waals surface area contributed by atoms with Crippen LogP contribution in [0.25, 0.3) is 22.4 Å². The first-order valence-corrected chi connectivity index (χ1v) is 5.74. The second-order valence-corrected chi connectivity index (χ2v) is 4.36. The fraction of sp³-hybridized carbons (Fsp3) is 0.143. The van der Waals surface area contributed by atoms with Gasteiger partial charge in [0.15, 0.2) is 5.76 Å². The molecular weight excluding hydrogens is 226 g/mol. The minimum atomic E-state index is 0.266. The van der Waals surface area contributed by atoms with Crippen molar-refractivity contribution in [1.29, 1.82) is 0 Å². The lowest BCUT2D eigenvalue weighted by Gasteiger charge is -1.99. The van der Waals surface area contributed by atoms with Crippen molar-refractivity contribution >= 4 is 16.9 Å². The average molecular weight is 239 g/mol. The number of anilines is 1. The zero-order valence-corrected chi connectivity index (χ0v) is 10.3. The van der Waals surface area contributed by atoms with Crippen molar-refractivity contribution in [2.45, 2.75) is 13.8 Å². The van der Waals surface area contributed by atoms with Gasteiger partial charge in [-0.05, 0) is 31.5 Å². The molecule has 0 fully saturated rings. The third-order valence-electron chi connectivity index (χ3n) is 2.86. The Morgan fingerprint density at radius 1 is 1.11 bits per heavy atom. The van der Waals surface area contributed by atoms with E-state index in [0.717, 1.165) is 33.7 Å². The Labute approximate surface area is 104 Å². The number of aromatic nitrogens is 2. The van der Waals surface area contributed by atoms with Gasteiger partial charge < -0.3 is 10.2 Å². The van der Waals surface area contributed by atoms with Crippen LogP contribution in [0.4, 0.5) is 5.95 Å². The molecule has 4 heteroatoms. The summed E-state index contributed by atoms with van der Waals surface area (Å²) in [5, 5.41) is 1.07. The number of benzene rings is 1. The van der Waals surface area contributed by atoms with E-state index in [2.05, 4.69) is 9.97 Å². The number of aryl methyl sites for hydroxylation is 2. The summed E-state index contributed by atoms with van der Waals surface area (Å²) in [5.74, 6) is 0.985. The molecule has 0 aliphatic heterocycles. The van der Waals surface area contributed by atoms with E-state index in [1.165, 1.54) is 0 Å². The number of rotatable bonds is 1. The number of nitrogen functional groups attached to an aromatic ring is 1. The normalized spacial score (nSPS) is 11.0. The molecule has 90 valence electrons.